The molecular weight excluding hydrogens is 194 g/mol. The molecule has 3 unspecified atom stereocenters. The van der Waals surface area contributed by atoms with E-state index in [1.807, 2.05) is 0 Å². The topological polar surface area (TPSA) is 12.0 Å². The van der Waals surface area contributed by atoms with Crippen LogP contribution < -0.4 is 5.32 Å². The highest BCUT2D eigenvalue weighted by molar-refractivity contribution is 4.88. The first-order valence-electron chi connectivity index (χ1n) is 7.22. The van der Waals surface area contributed by atoms with Crippen molar-refractivity contribution in [1.82, 2.24) is 5.32 Å². The molecular formula is C15H31N. The second-order valence-electron chi connectivity index (χ2n) is 6.64. The van der Waals surface area contributed by atoms with Crippen molar-refractivity contribution in [2.75, 3.05) is 6.54 Å². The highest BCUT2D eigenvalue weighted by Gasteiger charge is 2.34. The minimum atomic E-state index is 0.559. The van der Waals surface area contributed by atoms with E-state index < -0.39 is 0 Å². The molecule has 0 amide bonds. The first kappa shape index (κ1) is 14.0. The lowest BCUT2D eigenvalue weighted by Crippen LogP contribution is -2.41. The highest BCUT2D eigenvalue weighted by Crippen LogP contribution is 2.43. The predicted octanol–water partition coefficient (Wildman–Crippen LogP) is 4.23. The quantitative estimate of drug-likeness (QED) is 0.738. The second kappa shape index (κ2) is 6.05. The average molecular weight is 225 g/mol. The Kier molecular flexibility index (Phi) is 5.30. The Morgan fingerprint density at radius 2 is 1.94 bits per heavy atom. The summed E-state index contributed by atoms with van der Waals surface area (Å²) < 4.78 is 0. The van der Waals surface area contributed by atoms with Crippen molar-refractivity contribution >= 4 is 0 Å². The van der Waals surface area contributed by atoms with Crippen molar-refractivity contribution in [3.05, 3.63) is 0 Å². The third kappa shape index (κ3) is 4.08. The summed E-state index contributed by atoms with van der Waals surface area (Å²) in [6.07, 6.45) is 6.79. The van der Waals surface area contributed by atoms with Gasteiger partial charge in [-0.3, -0.25) is 0 Å². The molecule has 0 spiro atoms. The van der Waals surface area contributed by atoms with Crippen LogP contribution in [0.5, 0.6) is 0 Å². The van der Waals surface area contributed by atoms with E-state index in [1.165, 1.54) is 38.6 Å². The lowest BCUT2D eigenvalue weighted by molar-refractivity contribution is 0.105. The van der Waals surface area contributed by atoms with Crippen molar-refractivity contribution in [3.63, 3.8) is 0 Å². The molecule has 1 fully saturated rings. The first-order chi connectivity index (χ1) is 7.48. The molecule has 96 valence electrons. The maximum absolute atomic E-state index is 3.75. The van der Waals surface area contributed by atoms with Crippen LogP contribution in [-0.4, -0.2) is 12.6 Å². The fourth-order valence-electron chi connectivity index (χ4n) is 3.70. The van der Waals surface area contributed by atoms with Crippen LogP contribution in [0.15, 0.2) is 0 Å². The molecule has 1 aliphatic rings. The maximum Gasteiger partial charge on any atom is 0.00929 e. The van der Waals surface area contributed by atoms with E-state index in [0.717, 1.165) is 17.9 Å². The Morgan fingerprint density at radius 1 is 1.25 bits per heavy atom. The van der Waals surface area contributed by atoms with Gasteiger partial charge in [0.15, 0.2) is 0 Å². The summed E-state index contributed by atoms with van der Waals surface area (Å²) in [5, 5.41) is 3.75. The van der Waals surface area contributed by atoms with Gasteiger partial charge in [0.25, 0.3) is 0 Å². The Balaban J connectivity index is 2.55. The van der Waals surface area contributed by atoms with Gasteiger partial charge in [-0.2, -0.15) is 0 Å². The standard InChI is InChI=1S/C15H31N/c1-6-8-16-14(7-2)13-9-12(3)10-15(4,5)11-13/h12-14,16H,6-11H2,1-5H3. The molecule has 0 saturated heterocycles. The predicted molar refractivity (Wildman–Crippen MR) is 72.7 cm³/mol. The van der Waals surface area contributed by atoms with E-state index in [9.17, 15) is 0 Å². The lowest BCUT2D eigenvalue weighted by atomic mass is 9.66. The van der Waals surface area contributed by atoms with Gasteiger partial charge in [-0.1, -0.05) is 34.6 Å². The van der Waals surface area contributed by atoms with Crippen LogP contribution in [0, 0.1) is 17.3 Å². The molecule has 0 aliphatic heterocycles. The molecule has 16 heavy (non-hydrogen) atoms. The molecule has 1 rings (SSSR count). The summed E-state index contributed by atoms with van der Waals surface area (Å²) in [6.45, 7) is 13.1. The third-order valence-corrected chi connectivity index (χ3v) is 4.09. The van der Waals surface area contributed by atoms with E-state index in [-0.39, 0.29) is 0 Å². The molecule has 3 atom stereocenters. The van der Waals surface area contributed by atoms with E-state index in [2.05, 4.69) is 39.9 Å². The summed E-state index contributed by atoms with van der Waals surface area (Å²) in [5.74, 6) is 1.81. The van der Waals surface area contributed by atoms with Crippen molar-refractivity contribution in [3.8, 4) is 0 Å². The van der Waals surface area contributed by atoms with Crippen LogP contribution in [0.1, 0.15) is 66.7 Å². The number of hydrogen-bond acceptors (Lipinski definition) is 1. The van der Waals surface area contributed by atoms with Crippen LogP contribution >= 0.6 is 0 Å². The van der Waals surface area contributed by atoms with Gasteiger partial charge in [0, 0.05) is 6.04 Å². The fraction of sp³-hybridized carbons (Fsp3) is 1.00. The molecule has 1 N–H and O–H groups in total. The molecule has 0 radical (unpaired) electrons. The van der Waals surface area contributed by atoms with Gasteiger partial charge in [0.05, 0.1) is 0 Å². The number of rotatable bonds is 5. The Bertz CT molecular complexity index is 198. The molecule has 0 bridgehead atoms. The van der Waals surface area contributed by atoms with E-state index in [1.54, 1.807) is 0 Å². The Hall–Kier alpha value is -0.0400. The van der Waals surface area contributed by atoms with Crippen LogP contribution in [0.4, 0.5) is 0 Å². The van der Waals surface area contributed by atoms with Crippen LogP contribution in [-0.2, 0) is 0 Å². The van der Waals surface area contributed by atoms with E-state index in [0.29, 0.717) is 5.41 Å². The largest absolute Gasteiger partial charge is 0.314 e. The van der Waals surface area contributed by atoms with Gasteiger partial charge in [0.1, 0.15) is 0 Å². The smallest absolute Gasteiger partial charge is 0.00929 e. The summed E-state index contributed by atoms with van der Waals surface area (Å²) in [4.78, 5) is 0. The normalized spacial score (nSPS) is 31.3. The summed E-state index contributed by atoms with van der Waals surface area (Å²) in [6, 6.07) is 0.752. The van der Waals surface area contributed by atoms with Gasteiger partial charge in [-0.25, -0.2) is 0 Å². The molecule has 1 aliphatic carbocycles. The Labute approximate surface area is 102 Å². The monoisotopic (exact) mass is 225 g/mol. The zero-order valence-corrected chi connectivity index (χ0v) is 12.0. The molecule has 0 aromatic carbocycles. The van der Waals surface area contributed by atoms with Crippen molar-refractivity contribution in [2.45, 2.75) is 72.8 Å². The molecule has 1 heteroatoms. The fourth-order valence-corrected chi connectivity index (χ4v) is 3.70. The van der Waals surface area contributed by atoms with Gasteiger partial charge in [-0.05, 0) is 55.9 Å². The molecule has 0 aromatic rings. The zero-order chi connectivity index (χ0) is 12.2. The minimum Gasteiger partial charge on any atom is -0.314 e. The van der Waals surface area contributed by atoms with Crippen LogP contribution in [0.2, 0.25) is 0 Å². The van der Waals surface area contributed by atoms with E-state index >= 15 is 0 Å². The lowest BCUT2D eigenvalue weighted by Gasteiger charge is -2.42. The molecule has 1 nitrogen and oxygen atoms in total. The van der Waals surface area contributed by atoms with E-state index in [4.69, 9.17) is 0 Å². The molecule has 0 heterocycles. The van der Waals surface area contributed by atoms with Crippen molar-refractivity contribution in [1.29, 1.82) is 0 Å². The maximum atomic E-state index is 3.75. The van der Waals surface area contributed by atoms with Gasteiger partial charge >= 0.3 is 0 Å². The second-order valence-corrected chi connectivity index (χ2v) is 6.64. The minimum absolute atomic E-state index is 0.559. The van der Waals surface area contributed by atoms with Gasteiger partial charge in [-0.15, -0.1) is 0 Å². The highest BCUT2D eigenvalue weighted by atomic mass is 14.9. The average Bonchev–Trinajstić information content (AvgIpc) is 2.15. The number of nitrogens with one attached hydrogen (secondary N) is 1. The third-order valence-electron chi connectivity index (χ3n) is 4.09. The summed E-state index contributed by atoms with van der Waals surface area (Å²) >= 11 is 0. The number of hydrogen-bond donors (Lipinski definition) is 1. The van der Waals surface area contributed by atoms with Gasteiger partial charge < -0.3 is 5.32 Å². The summed E-state index contributed by atoms with van der Waals surface area (Å²) in [7, 11) is 0. The molecule has 1 saturated carbocycles. The van der Waals surface area contributed by atoms with Gasteiger partial charge in [0.2, 0.25) is 0 Å². The SMILES string of the molecule is CCCNC(CC)C1CC(C)CC(C)(C)C1. The molecule has 0 aromatic heterocycles. The van der Waals surface area contributed by atoms with Crippen molar-refractivity contribution < 1.29 is 0 Å². The first-order valence-corrected chi connectivity index (χ1v) is 7.22. The van der Waals surface area contributed by atoms with Crippen LogP contribution in [0.25, 0.3) is 0 Å². The van der Waals surface area contributed by atoms with Crippen molar-refractivity contribution in [2.24, 2.45) is 17.3 Å². The summed E-state index contributed by atoms with van der Waals surface area (Å²) in [5.41, 5.74) is 0.559. The zero-order valence-electron chi connectivity index (χ0n) is 12.0. The Morgan fingerprint density at radius 3 is 2.44 bits per heavy atom. The van der Waals surface area contributed by atoms with Crippen LogP contribution in [0.3, 0.4) is 0 Å².